The van der Waals surface area contributed by atoms with Gasteiger partial charge in [0.15, 0.2) is 23.0 Å². The second-order valence-corrected chi connectivity index (χ2v) is 10.5. The van der Waals surface area contributed by atoms with Crippen molar-refractivity contribution in [2.45, 2.75) is 56.8 Å². The first-order valence-electron chi connectivity index (χ1n) is 14.4. The third kappa shape index (κ3) is 6.40. The number of nitrogens with one attached hydrogen (secondary N) is 1. The van der Waals surface area contributed by atoms with Gasteiger partial charge in [0.05, 0.1) is 21.3 Å². The molecule has 222 valence electrons. The highest BCUT2D eigenvalue weighted by atomic mass is 16.6. The summed E-state index contributed by atoms with van der Waals surface area (Å²) >= 11 is 0. The van der Waals surface area contributed by atoms with E-state index in [4.69, 9.17) is 23.7 Å². The second kappa shape index (κ2) is 13.5. The average molecular weight is 575 g/mol. The Kier molecular flexibility index (Phi) is 9.36. The van der Waals surface area contributed by atoms with E-state index in [-0.39, 0.29) is 31.0 Å². The Hall–Kier alpha value is -4.40. The molecule has 1 aliphatic heterocycles. The van der Waals surface area contributed by atoms with Gasteiger partial charge in [0.2, 0.25) is 17.8 Å². The van der Waals surface area contributed by atoms with Crippen LogP contribution in [0.15, 0.2) is 66.7 Å². The molecule has 1 aliphatic carbocycles. The molecule has 1 N–H and O–H groups in total. The van der Waals surface area contributed by atoms with E-state index in [0.29, 0.717) is 34.3 Å². The van der Waals surface area contributed by atoms with Gasteiger partial charge in [-0.2, -0.15) is 0 Å². The molecule has 1 heterocycles. The maximum absolute atomic E-state index is 14.4. The Morgan fingerprint density at radius 1 is 0.881 bits per heavy atom. The molecule has 42 heavy (non-hydrogen) atoms. The monoisotopic (exact) mass is 574 g/mol. The molecular weight excluding hydrogens is 536 g/mol. The summed E-state index contributed by atoms with van der Waals surface area (Å²) in [7, 11) is 4.57. The third-order valence-electron chi connectivity index (χ3n) is 7.78. The van der Waals surface area contributed by atoms with Crippen molar-refractivity contribution in [2.75, 3.05) is 27.9 Å². The lowest BCUT2D eigenvalue weighted by atomic mass is 9.94. The van der Waals surface area contributed by atoms with E-state index < -0.39 is 12.1 Å². The van der Waals surface area contributed by atoms with Crippen LogP contribution in [0.3, 0.4) is 0 Å². The minimum Gasteiger partial charge on any atom is -0.493 e. The molecule has 1 saturated carbocycles. The average Bonchev–Trinajstić information content (AvgIpc) is 3.04. The molecule has 0 spiro atoms. The zero-order valence-electron chi connectivity index (χ0n) is 24.3. The molecule has 0 bridgehead atoms. The molecule has 3 aromatic carbocycles. The first-order valence-corrected chi connectivity index (χ1v) is 14.4. The SMILES string of the molecule is COc1cc([C@@H](C(=O)NC2CCCCC2)N(Cc2ccccc2)C(=O)[C@H]2COc3ccccc3O2)cc(OC)c1OC. The summed E-state index contributed by atoms with van der Waals surface area (Å²) in [4.78, 5) is 30.3. The van der Waals surface area contributed by atoms with Gasteiger partial charge in [-0.1, -0.05) is 61.7 Å². The summed E-state index contributed by atoms with van der Waals surface area (Å²) in [6, 6.07) is 19.3. The van der Waals surface area contributed by atoms with Crippen molar-refractivity contribution < 1.29 is 33.3 Å². The number of para-hydroxylation sites is 2. The molecule has 2 amide bonds. The Morgan fingerprint density at radius 2 is 1.52 bits per heavy atom. The molecule has 0 unspecified atom stereocenters. The van der Waals surface area contributed by atoms with E-state index in [2.05, 4.69) is 5.32 Å². The molecule has 0 radical (unpaired) electrons. The topological polar surface area (TPSA) is 95.6 Å². The van der Waals surface area contributed by atoms with Crippen LogP contribution in [0.1, 0.15) is 49.3 Å². The molecule has 9 nitrogen and oxygen atoms in total. The van der Waals surface area contributed by atoms with E-state index >= 15 is 0 Å². The van der Waals surface area contributed by atoms with Gasteiger partial charge in [-0.25, -0.2) is 0 Å². The Morgan fingerprint density at radius 3 is 2.17 bits per heavy atom. The van der Waals surface area contributed by atoms with E-state index in [1.807, 2.05) is 42.5 Å². The van der Waals surface area contributed by atoms with Crippen molar-refractivity contribution >= 4 is 11.8 Å². The number of rotatable bonds is 10. The summed E-state index contributed by atoms with van der Waals surface area (Å²) in [6.07, 6.45) is 4.11. The van der Waals surface area contributed by atoms with Crippen LogP contribution in [0.25, 0.3) is 0 Å². The number of nitrogens with zero attached hydrogens (tertiary/aromatic N) is 1. The fourth-order valence-electron chi connectivity index (χ4n) is 5.66. The number of benzene rings is 3. The lowest BCUT2D eigenvalue weighted by Crippen LogP contribution is -2.52. The molecule has 9 heteroatoms. The van der Waals surface area contributed by atoms with Gasteiger partial charge in [0.1, 0.15) is 12.6 Å². The number of carbonyl (C=O) groups excluding carboxylic acids is 2. The van der Waals surface area contributed by atoms with E-state index in [1.165, 1.54) is 21.3 Å². The van der Waals surface area contributed by atoms with Gasteiger partial charge in [-0.3, -0.25) is 9.59 Å². The van der Waals surface area contributed by atoms with Crippen molar-refractivity contribution in [3.05, 3.63) is 77.9 Å². The van der Waals surface area contributed by atoms with Crippen LogP contribution < -0.4 is 29.0 Å². The van der Waals surface area contributed by atoms with Gasteiger partial charge in [-0.15, -0.1) is 0 Å². The lowest BCUT2D eigenvalue weighted by molar-refractivity contribution is -0.149. The van der Waals surface area contributed by atoms with Crippen molar-refractivity contribution in [1.82, 2.24) is 10.2 Å². The Balaban J connectivity index is 1.58. The quantitative estimate of drug-likeness (QED) is 0.361. The largest absolute Gasteiger partial charge is 0.493 e. The van der Waals surface area contributed by atoms with Gasteiger partial charge in [0.25, 0.3) is 5.91 Å². The minimum absolute atomic E-state index is 0.0212. The highest BCUT2D eigenvalue weighted by Crippen LogP contribution is 2.41. The van der Waals surface area contributed by atoms with Gasteiger partial charge < -0.3 is 33.9 Å². The molecular formula is C33H38N2O7. The first-order chi connectivity index (χ1) is 20.5. The molecule has 0 aromatic heterocycles. The number of amides is 2. The molecule has 0 saturated heterocycles. The van der Waals surface area contributed by atoms with Crippen LogP contribution in [0.2, 0.25) is 0 Å². The normalized spacial score (nSPS) is 17.1. The highest BCUT2D eigenvalue weighted by molar-refractivity contribution is 5.91. The maximum atomic E-state index is 14.4. The zero-order valence-corrected chi connectivity index (χ0v) is 24.3. The Labute approximate surface area is 246 Å². The third-order valence-corrected chi connectivity index (χ3v) is 7.78. The number of methoxy groups -OCH3 is 3. The maximum Gasteiger partial charge on any atom is 0.268 e. The molecule has 2 atom stereocenters. The summed E-state index contributed by atoms with van der Waals surface area (Å²) in [5, 5.41) is 3.24. The van der Waals surface area contributed by atoms with E-state index in [9.17, 15) is 9.59 Å². The fourth-order valence-corrected chi connectivity index (χ4v) is 5.66. The molecule has 5 rings (SSSR count). The summed E-state index contributed by atoms with van der Waals surface area (Å²) in [6.45, 7) is 0.188. The number of hydrogen-bond acceptors (Lipinski definition) is 7. The van der Waals surface area contributed by atoms with Crippen molar-refractivity contribution in [3.8, 4) is 28.7 Å². The minimum atomic E-state index is -1.02. The van der Waals surface area contributed by atoms with E-state index in [0.717, 1.165) is 37.7 Å². The van der Waals surface area contributed by atoms with Crippen LogP contribution >= 0.6 is 0 Å². The predicted molar refractivity (Wildman–Crippen MR) is 157 cm³/mol. The van der Waals surface area contributed by atoms with Crippen molar-refractivity contribution in [2.24, 2.45) is 0 Å². The van der Waals surface area contributed by atoms with Crippen LogP contribution in [0.5, 0.6) is 28.7 Å². The molecule has 1 fully saturated rings. The summed E-state index contributed by atoms with van der Waals surface area (Å²) in [5.74, 6) is 1.59. The Bertz CT molecular complexity index is 1350. The van der Waals surface area contributed by atoms with Crippen molar-refractivity contribution in [1.29, 1.82) is 0 Å². The van der Waals surface area contributed by atoms with Gasteiger partial charge in [0, 0.05) is 12.6 Å². The van der Waals surface area contributed by atoms with Crippen molar-refractivity contribution in [3.63, 3.8) is 0 Å². The fraction of sp³-hybridized carbons (Fsp3) is 0.394. The number of hydrogen-bond donors (Lipinski definition) is 1. The van der Waals surface area contributed by atoms with Crippen LogP contribution in [0, 0.1) is 0 Å². The standard InChI is InChI=1S/C33H38N2O7/c1-38-27-18-23(19-28(39-2)31(27)40-3)30(32(36)34-24-14-8-5-9-15-24)35(20-22-12-6-4-7-13-22)33(37)29-21-41-25-16-10-11-17-26(25)42-29/h4,6-7,10-13,16-19,24,29-30H,5,8-9,14-15,20-21H2,1-3H3,(H,34,36)/t29-,30+/m1/s1. The molecule has 3 aromatic rings. The second-order valence-electron chi connectivity index (χ2n) is 10.5. The zero-order chi connectivity index (χ0) is 29.5. The van der Waals surface area contributed by atoms with Crippen LogP contribution in [0.4, 0.5) is 0 Å². The van der Waals surface area contributed by atoms with Gasteiger partial charge in [-0.05, 0) is 48.2 Å². The van der Waals surface area contributed by atoms with Crippen LogP contribution in [-0.4, -0.2) is 56.8 Å². The predicted octanol–water partition coefficient (Wildman–Crippen LogP) is 5.07. The highest BCUT2D eigenvalue weighted by Gasteiger charge is 2.39. The molecule has 2 aliphatic rings. The lowest BCUT2D eigenvalue weighted by Gasteiger charge is -2.36. The summed E-state index contributed by atoms with van der Waals surface area (Å²) in [5.41, 5.74) is 1.39. The van der Waals surface area contributed by atoms with Gasteiger partial charge >= 0.3 is 0 Å². The number of fused-ring (bicyclic) bond motifs is 1. The number of carbonyl (C=O) groups is 2. The van der Waals surface area contributed by atoms with Crippen LogP contribution in [-0.2, 0) is 16.1 Å². The smallest absolute Gasteiger partial charge is 0.268 e. The van der Waals surface area contributed by atoms with E-state index in [1.54, 1.807) is 29.2 Å². The summed E-state index contributed by atoms with van der Waals surface area (Å²) < 4.78 is 28.8. The number of ether oxygens (including phenoxy) is 5. The first kappa shape index (κ1) is 29.1.